The molecule has 0 bridgehead atoms. The highest BCUT2D eigenvalue weighted by atomic mass is 16.1. The lowest BCUT2D eigenvalue weighted by Gasteiger charge is -2.10. The van der Waals surface area contributed by atoms with E-state index in [1.165, 1.54) is 31.3 Å². The predicted octanol–water partition coefficient (Wildman–Crippen LogP) is 1.23. The van der Waals surface area contributed by atoms with Crippen LogP contribution in [-0.4, -0.2) is 13.0 Å². The molecule has 0 fully saturated rings. The molecular formula is C8H13NO. The van der Waals surface area contributed by atoms with E-state index in [1.807, 2.05) is 0 Å². The molecule has 1 aliphatic carbocycles. The number of rotatable bonds is 3. The molecular weight excluding hydrogens is 126 g/mol. The third-order valence-electron chi connectivity index (χ3n) is 1.80. The normalized spacial score (nSPS) is 17.8. The van der Waals surface area contributed by atoms with Crippen molar-refractivity contribution in [1.82, 2.24) is 5.32 Å². The van der Waals surface area contributed by atoms with Crippen LogP contribution in [0.3, 0.4) is 0 Å². The van der Waals surface area contributed by atoms with Gasteiger partial charge in [0.05, 0.1) is 0 Å². The van der Waals surface area contributed by atoms with E-state index in [4.69, 9.17) is 0 Å². The van der Waals surface area contributed by atoms with Gasteiger partial charge in [0.15, 0.2) is 0 Å². The Morgan fingerprint density at radius 1 is 1.60 bits per heavy atom. The van der Waals surface area contributed by atoms with Crippen molar-refractivity contribution in [3.63, 3.8) is 0 Å². The van der Waals surface area contributed by atoms with E-state index in [0.717, 1.165) is 13.0 Å². The summed E-state index contributed by atoms with van der Waals surface area (Å²) in [6.07, 6.45) is 7.95. The Morgan fingerprint density at radius 2 is 2.50 bits per heavy atom. The molecule has 0 aromatic rings. The van der Waals surface area contributed by atoms with Gasteiger partial charge in [-0.05, 0) is 25.7 Å². The summed E-state index contributed by atoms with van der Waals surface area (Å²) < 4.78 is 0. The van der Waals surface area contributed by atoms with Crippen molar-refractivity contribution < 1.29 is 4.79 Å². The van der Waals surface area contributed by atoms with Crippen molar-refractivity contribution in [2.45, 2.75) is 25.7 Å². The molecule has 0 heterocycles. The fourth-order valence-corrected chi connectivity index (χ4v) is 1.24. The minimum Gasteiger partial charge on any atom is -0.355 e. The molecule has 2 heteroatoms. The minimum absolute atomic E-state index is 0.753. The van der Waals surface area contributed by atoms with Crippen LogP contribution in [0.15, 0.2) is 11.6 Å². The fourth-order valence-electron chi connectivity index (χ4n) is 1.24. The molecule has 10 heavy (non-hydrogen) atoms. The standard InChI is InChI=1S/C8H13NO/c10-7-9-6-8-4-2-1-3-5-8/h4,7H,1-3,5-6H2,(H,9,10). The van der Waals surface area contributed by atoms with Crippen molar-refractivity contribution in [1.29, 1.82) is 0 Å². The Kier molecular flexibility index (Phi) is 3.00. The van der Waals surface area contributed by atoms with Crippen molar-refractivity contribution in [3.8, 4) is 0 Å². The molecule has 1 rings (SSSR count). The molecule has 0 atom stereocenters. The Labute approximate surface area is 61.3 Å². The molecule has 0 spiro atoms. The summed E-state index contributed by atoms with van der Waals surface area (Å²) >= 11 is 0. The largest absolute Gasteiger partial charge is 0.355 e. The van der Waals surface area contributed by atoms with Crippen LogP contribution in [0.4, 0.5) is 0 Å². The quantitative estimate of drug-likeness (QED) is 0.462. The SMILES string of the molecule is O=CNCC1=CCCCC1. The van der Waals surface area contributed by atoms with E-state index in [9.17, 15) is 4.79 Å². The molecule has 0 radical (unpaired) electrons. The third kappa shape index (κ3) is 2.21. The van der Waals surface area contributed by atoms with E-state index in [2.05, 4.69) is 11.4 Å². The van der Waals surface area contributed by atoms with Gasteiger partial charge in [0, 0.05) is 6.54 Å². The van der Waals surface area contributed by atoms with Crippen LogP contribution in [0.25, 0.3) is 0 Å². The molecule has 0 saturated heterocycles. The lowest BCUT2D eigenvalue weighted by molar-refractivity contribution is -0.109. The van der Waals surface area contributed by atoms with Gasteiger partial charge < -0.3 is 5.32 Å². The average Bonchev–Trinajstić information content (AvgIpc) is 2.03. The number of carbonyl (C=O) groups is 1. The second kappa shape index (κ2) is 4.09. The second-order valence-electron chi connectivity index (χ2n) is 2.61. The number of amides is 1. The van der Waals surface area contributed by atoms with Crippen LogP contribution in [0.2, 0.25) is 0 Å². The Bertz CT molecular complexity index is 140. The topological polar surface area (TPSA) is 29.1 Å². The summed E-state index contributed by atoms with van der Waals surface area (Å²) in [6, 6.07) is 0. The summed E-state index contributed by atoms with van der Waals surface area (Å²) in [5, 5.41) is 2.67. The zero-order chi connectivity index (χ0) is 7.23. The molecule has 0 aromatic carbocycles. The Hall–Kier alpha value is -0.790. The highest BCUT2D eigenvalue weighted by molar-refractivity contribution is 5.46. The maximum atomic E-state index is 9.91. The molecule has 0 unspecified atom stereocenters. The number of hydrogen-bond donors (Lipinski definition) is 1. The summed E-state index contributed by atoms with van der Waals surface area (Å²) in [6.45, 7) is 0.753. The van der Waals surface area contributed by atoms with Crippen LogP contribution >= 0.6 is 0 Å². The van der Waals surface area contributed by atoms with Gasteiger partial charge in [0.25, 0.3) is 0 Å². The van der Waals surface area contributed by atoms with Crippen molar-refractivity contribution in [2.75, 3.05) is 6.54 Å². The third-order valence-corrected chi connectivity index (χ3v) is 1.80. The van der Waals surface area contributed by atoms with Gasteiger partial charge in [0.1, 0.15) is 0 Å². The highest BCUT2D eigenvalue weighted by Gasteiger charge is 2.01. The van der Waals surface area contributed by atoms with Gasteiger partial charge in [-0.15, -0.1) is 0 Å². The van der Waals surface area contributed by atoms with Crippen LogP contribution in [0.1, 0.15) is 25.7 Å². The molecule has 0 aliphatic heterocycles. The van der Waals surface area contributed by atoms with E-state index >= 15 is 0 Å². The summed E-state index contributed by atoms with van der Waals surface area (Å²) in [5.41, 5.74) is 1.39. The maximum Gasteiger partial charge on any atom is 0.207 e. The fraction of sp³-hybridized carbons (Fsp3) is 0.625. The number of allylic oxidation sites excluding steroid dienone is 1. The summed E-state index contributed by atoms with van der Waals surface area (Å²) in [5.74, 6) is 0. The average molecular weight is 139 g/mol. The van der Waals surface area contributed by atoms with Crippen molar-refractivity contribution in [3.05, 3.63) is 11.6 Å². The highest BCUT2D eigenvalue weighted by Crippen LogP contribution is 2.15. The molecule has 1 amide bonds. The number of nitrogens with one attached hydrogen (secondary N) is 1. The first kappa shape index (κ1) is 7.32. The maximum absolute atomic E-state index is 9.91. The first-order valence-corrected chi connectivity index (χ1v) is 3.78. The first-order chi connectivity index (χ1) is 4.93. The minimum atomic E-state index is 0.753. The van der Waals surface area contributed by atoms with E-state index in [0.29, 0.717) is 0 Å². The van der Waals surface area contributed by atoms with Crippen LogP contribution in [-0.2, 0) is 4.79 Å². The Morgan fingerprint density at radius 3 is 3.10 bits per heavy atom. The molecule has 1 N–H and O–H groups in total. The molecule has 1 aliphatic rings. The van der Waals surface area contributed by atoms with E-state index < -0.39 is 0 Å². The van der Waals surface area contributed by atoms with Gasteiger partial charge in [-0.3, -0.25) is 4.79 Å². The zero-order valence-corrected chi connectivity index (χ0v) is 6.10. The van der Waals surface area contributed by atoms with Gasteiger partial charge in [-0.25, -0.2) is 0 Å². The van der Waals surface area contributed by atoms with E-state index in [-0.39, 0.29) is 0 Å². The predicted molar refractivity (Wildman–Crippen MR) is 40.6 cm³/mol. The second-order valence-corrected chi connectivity index (χ2v) is 2.61. The summed E-state index contributed by atoms with van der Waals surface area (Å²) in [7, 11) is 0. The lowest BCUT2D eigenvalue weighted by Crippen LogP contribution is -2.15. The molecule has 56 valence electrons. The smallest absolute Gasteiger partial charge is 0.207 e. The molecule has 0 aromatic heterocycles. The van der Waals surface area contributed by atoms with Crippen molar-refractivity contribution >= 4 is 6.41 Å². The first-order valence-electron chi connectivity index (χ1n) is 3.78. The van der Waals surface area contributed by atoms with Crippen LogP contribution in [0.5, 0.6) is 0 Å². The van der Waals surface area contributed by atoms with Crippen LogP contribution < -0.4 is 5.32 Å². The van der Waals surface area contributed by atoms with Gasteiger partial charge in [-0.1, -0.05) is 11.6 Å². The lowest BCUT2D eigenvalue weighted by atomic mass is 10.00. The summed E-state index contributed by atoms with van der Waals surface area (Å²) in [4.78, 5) is 9.91. The number of carbonyl (C=O) groups excluding carboxylic acids is 1. The van der Waals surface area contributed by atoms with Crippen LogP contribution in [0, 0.1) is 0 Å². The van der Waals surface area contributed by atoms with Gasteiger partial charge >= 0.3 is 0 Å². The Balaban J connectivity index is 2.24. The van der Waals surface area contributed by atoms with Crippen molar-refractivity contribution in [2.24, 2.45) is 0 Å². The number of hydrogen-bond acceptors (Lipinski definition) is 1. The van der Waals surface area contributed by atoms with Gasteiger partial charge in [-0.2, -0.15) is 0 Å². The molecule has 0 saturated carbocycles. The van der Waals surface area contributed by atoms with Gasteiger partial charge in [0.2, 0.25) is 6.41 Å². The van der Waals surface area contributed by atoms with E-state index in [1.54, 1.807) is 0 Å². The zero-order valence-electron chi connectivity index (χ0n) is 6.10. The molecule has 2 nitrogen and oxygen atoms in total. The monoisotopic (exact) mass is 139 g/mol.